The van der Waals surface area contributed by atoms with Crippen LogP contribution in [-0.4, -0.2) is 24.6 Å². The molecule has 2 unspecified atom stereocenters. The average molecular weight is 293 g/mol. The van der Waals surface area contributed by atoms with Crippen molar-refractivity contribution in [2.75, 3.05) is 11.9 Å². The minimum Gasteiger partial charge on any atom is -0.492 e. The number of para-hydroxylation sites is 2. The minimum atomic E-state index is -0.846. The molecular weight excluding hydrogens is 270 g/mol. The van der Waals surface area contributed by atoms with E-state index < -0.39 is 6.10 Å². The van der Waals surface area contributed by atoms with E-state index in [-0.39, 0.29) is 17.8 Å². The Morgan fingerprint density at radius 3 is 2.48 bits per heavy atom. The molecule has 1 aromatic carbocycles. The maximum Gasteiger partial charge on any atom is 0.309 e. The Kier molecular flexibility index (Phi) is 6.72. The van der Waals surface area contributed by atoms with Crippen LogP contribution in [0.1, 0.15) is 34.1 Å². The highest BCUT2D eigenvalue weighted by Gasteiger charge is 2.21. The predicted octanol–water partition coefficient (Wildman–Crippen LogP) is 3.00. The van der Waals surface area contributed by atoms with Crippen molar-refractivity contribution in [2.45, 2.75) is 40.2 Å². The SMILES string of the molecule is CCOc1ccccc1NC(=O)C(C)OC(=O)C(C)CC. The maximum atomic E-state index is 12.1. The van der Waals surface area contributed by atoms with E-state index in [1.807, 2.05) is 19.9 Å². The molecule has 0 spiro atoms. The Labute approximate surface area is 125 Å². The van der Waals surface area contributed by atoms with E-state index in [0.29, 0.717) is 24.5 Å². The van der Waals surface area contributed by atoms with Gasteiger partial charge in [0.05, 0.1) is 18.2 Å². The number of hydrogen-bond donors (Lipinski definition) is 1. The van der Waals surface area contributed by atoms with Crippen LogP contribution in [0.5, 0.6) is 5.75 Å². The van der Waals surface area contributed by atoms with Crippen molar-refractivity contribution in [3.63, 3.8) is 0 Å². The predicted molar refractivity (Wildman–Crippen MR) is 81.2 cm³/mol. The van der Waals surface area contributed by atoms with Gasteiger partial charge in [0.1, 0.15) is 5.75 Å². The molecule has 0 fully saturated rings. The van der Waals surface area contributed by atoms with E-state index in [1.54, 1.807) is 32.0 Å². The van der Waals surface area contributed by atoms with Gasteiger partial charge >= 0.3 is 5.97 Å². The third kappa shape index (κ3) is 5.10. The first-order chi connectivity index (χ1) is 9.99. The van der Waals surface area contributed by atoms with Crippen LogP contribution in [-0.2, 0) is 14.3 Å². The first-order valence-electron chi connectivity index (χ1n) is 7.22. The molecular formula is C16H23NO4. The van der Waals surface area contributed by atoms with Crippen molar-refractivity contribution < 1.29 is 19.1 Å². The Bertz CT molecular complexity index is 487. The maximum absolute atomic E-state index is 12.1. The molecule has 0 radical (unpaired) electrons. The van der Waals surface area contributed by atoms with E-state index in [2.05, 4.69) is 5.32 Å². The molecule has 5 nitrogen and oxygen atoms in total. The van der Waals surface area contributed by atoms with E-state index in [4.69, 9.17) is 9.47 Å². The topological polar surface area (TPSA) is 64.6 Å². The zero-order valence-corrected chi connectivity index (χ0v) is 13.0. The fourth-order valence-corrected chi connectivity index (χ4v) is 1.60. The summed E-state index contributed by atoms with van der Waals surface area (Å²) in [5, 5.41) is 2.72. The molecule has 0 saturated heterocycles. The lowest BCUT2D eigenvalue weighted by atomic mass is 10.1. The van der Waals surface area contributed by atoms with Crippen LogP contribution in [0.4, 0.5) is 5.69 Å². The second kappa shape index (κ2) is 8.29. The molecule has 0 aliphatic rings. The van der Waals surface area contributed by atoms with Crippen LogP contribution >= 0.6 is 0 Å². The lowest BCUT2D eigenvalue weighted by Gasteiger charge is -2.17. The Morgan fingerprint density at radius 1 is 1.19 bits per heavy atom. The number of esters is 1. The van der Waals surface area contributed by atoms with E-state index >= 15 is 0 Å². The number of amides is 1. The molecule has 1 rings (SSSR count). The van der Waals surface area contributed by atoms with Gasteiger partial charge in [-0.15, -0.1) is 0 Å². The monoisotopic (exact) mass is 293 g/mol. The third-order valence-corrected chi connectivity index (χ3v) is 3.12. The minimum absolute atomic E-state index is 0.212. The van der Waals surface area contributed by atoms with E-state index in [1.165, 1.54) is 0 Å². The lowest BCUT2D eigenvalue weighted by Crippen LogP contribution is -2.31. The van der Waals surface area contributed by atoms with Crippen molar-refractivity contribution in [3.05, 3.63) is 24.3 Å². The molecule has 0 aliphatic carbocycles. The Balaban J connectivity index is 2.66. The zero-order chi connectivity index (χ0) is 15.8. The largest absolute Gasteiger partial charge is 0.492 e. The second-order valence-corrected chi connectivity index (χ2v) is 4.81. The number of carbonyl (C=O) groups is 2. The fraction of sp³-hybridized carbons (Fsp3) is 0.500. The van der Waals surface area contributed by atoms with Crippen LogP contribution in [0.25, 0.3) is 0 Å². The summed E-state index contributed by atoms with van der Waals surface area (Å²) < 4.78 is 10.6. The molecule has 1 aromatic rings. The van der Waals surface area contributed by atoms with E-state index in [0.717, 1.165) is 0 Å². The first-order valence-corrected chi connectivity index (χ1v) is 7.22. The first kappa shape index (κ1) is 17.0. The highest BCUT2D eigenvalue weighted by atomic mass is 16.5. The normalized spacial score (nSPS) is 13.1. The van der Waals surface area contributed by atoms with Crippen molar-refractivity contribution in [3.8, 4) is 5.75 Å². The molecule has 0 aromatic heterocycles. The molecule has 0 bridgehead atoms. The van der Waals surface area contributed by atoms with Gasteiger partial charge in [0.2, 0.25) is 0 Å². The summed E-state index contributed by atoms with van der Waals surface area (Å²) in [5.74, 6) is -0.359. The number of hydrogen-bond acceptors (Lipinski definition) is 4. The number of nitrogens with one attached hydrogen (secondary N) is 1. The molecule has 0 saturated carbocycles. The van der Waals surface area contributed by atoms with Gasteiger partial charge in [-0.2, -0.15) is 0 Å². The number of ether oxygens (including phenoxy) is 2. The summed E-state index contributed by atoms with van der Waals surface area (Å²) >= 11 is 0. The van der Waals surface area contributed by atoms with Crippen molar-refractivity contribution in [1.82, 2.24) is 0 Å². The molecule has 5 heteroatoms. The van der Waals surface area contributed by atoms with Crippen molar-refractivity contribution >= 4 is 17.6 Å². The van der Waals surface area contributed by atoms with Gasteiger partial charge in [-0.1, -0.05) is 26.0 Å². The van der Waals surface area contributed by atoms with Gasteiger partial charge in [-0.25, -0.2) is 0 Å². The number of anilines is 1. The third-order valence-electron chi connectivity index (χ3n) is 3.12. The number of carbonyl (C=O) groups excluding carboxylic acids is 2. The van der Waals surface area contributed by atoms with Crippen molar-refractivity contribution in [1.29, 1.82) is 0 Å². The van der Waals surface area contributed by atoms with Gasteiger partial charge in [-0.3, -0.25) is 9.59 Å². The molecule has 21 heavy (non-hydrogen) atoms. The summed E-state index contributed by atoms with van der Waals surface area (Å²) in [6.45, 7) is 7.60. The summed E-state index contributed by atoms with van der Waals surface area (Å²) in [5.41, 5.74) is 0.566. The zero-order valence-electron chi connectivity index (χ0n) is 13.0. The summed E-state index contributed by atoms with van der Waals surface area (Å²) in [6, 6.07) is 7.14. The highest BCUT2D eigenvalue weighted by Crippen LogP contribution is 2.24. The molecule has 0 heterocycles. The van der Waals surface area contributed by atoms with Gasteiger partial charge in [0.25, 0.3) is 5.91 Å². The lowest BCUT2D eigenvalue weighted by molar-refractivity contribution is -0.156. The quantitative estimate of drug-likeness (QED) is 0.785. The van der Waals surface area contributed by atoms with Crippen LogP contribution in [0.3, 0.4) is 0 Å². The van der Waals surface area contributed by atoms with E-state index in [9.17, 15) is 9.59 Å². The van der Waals surface area contributed by atoms with Crippen LogP contribution in [0.15, 0.2) is 24.3 Å². The average Bonchev–Trinajstić information content (AvgIpc) is 2.48. The molecule has 0 aliphatic heterocycles. The molecule has 2 atom stereocenters. The van der Waals surface area contributed by atoms with Crippen LogP contribution in [0.2, 0.25) is 0 Å². The smallest absolute Gasteiger partial charge is 0.309 e. The fourth-order valence-electron chi connectivity index (χ4n) is 1.60. The Hall–Kier alpha value is -2.04. The molecule has 116 valence electrons. The van der Waals surface area contributed by atoms with Crippen LogP contribution < -0.4 is 10.1 Å². The van der Waals surface area contributed by atoms with Gasteiger partial charge in [-0.05, 0) is 32.4 Å². The van der Waals surface area contributed by atoms with Gasteiger partial charge in [0, 0.05) is 0 Å². The summed E-state index contributed by atoms with van der Waals surface area (Å²) in [7, 11) is 0. The highest BCUT2D eigenvalue weighted by molar-refractivity contribution is 5.96. The second-order valence-electron chi connectivity index (χ2n) is 4.81. The number of benzene rings is 1. The summed E-state index contributed by atoms with van der Waals surface area (Å²) in [6.07, 6.45) is -0.165. The van der Waals surface area contributed by atoms with Crippen molar-refractivity contribution in [2.24, 2.45) is 5.92 Å². The number of rotatable bonds is 7. The van der Waals surface area contributed by atoms with Crippen LogP contribution in [0, 0.1) is 5.92 Å². The standard InChI is InChI=1S/C16H23NO4/c1-5-11(3)16(19)21-12(4)15(18)17-13-9-7-8-10-14(13)20-6-2/h7-12H,5-6H2,1-4H3,(H,17,18). The Morgan fingerprint density at radius 2 is 1.86 bits per heavy atom. The van der Waals surface area contributed by atoms with Gasteiger partial charge in [0.15, 0.2) is 6.10 Å². The van der Waals surface area contributed by atoms with Gasteiger partial charge < -0.3 is 14.8 Å². The summed E-state index contributed by atoms with van der Waals surface area (Å²) in [4.78, 5) is 23.8. The molecule has 1 amide bonds. The molecule has 1 N–H and O–H groups in total.